The second kappa shape index (κ2) is 71.3. The zero-order valence-corrected chi connectivity index (χ0v) is 96.5. The number of amides is 18. The summed E-state index contributed by atoms with van der Waals surface area (Å²) in [6.45, 7) is 75.8. The van der Waals surface area contributed by atoms with E-state index in [0.29, 0.717) is 72.1 Å². The first-order chi connectivity index (χ1) is 66.5. The third-order valence-electron chi connectivity index (χ3n) is 17.0. The fraction of sp³-hybridized carbons (Fsp3) is 0.645. The van der Waals surface area contributed by atoms with Crippen LogP contribution >= 0.6 is 0 Å². The Morgan fingerprint density at radius 1 is 0.366 bits per heavy atom. The smallest absolute Gasteiger partial charge is 0.329 e. The van der Waals surface area contributed by atoms with Crippen molar-refractivity contribution in [3.05, 3.63) is 60.2 Å². The van der Waals surface area contributed by atoms with Gasteiger partial charge in [0.15, 0.2) is 0 Å². The minimum Gasteiger partial charge on any atom is -0.378 e. The highest BCUT2D eigenvalue weighted by atomic mass is 32.2. The third kappa shape index (κ3) is 92.6. The summed E-state index contributed by atoms with van der Waals surface area (Å²) in [7, 11) is 0.164. The first-order valence-corrected chi connectivity index (χ1v) is 52.5. The maximum atomic E-state index is 11.9. The van der Waals surface area contributed by atoms with Crippen molar-refractivity contribution in [3.8, 4) is 107 Å². The topological polar surface area (TPSA) is 407 Å². The summed E-state index contributed by atoms with van der Waals surface area (Å²) in [5, 5.41) is 31.7. The number of carbonyl (C=O) groups is 9. The second-order valence-electron chi connectivity index (χ2n) is 43.8. The van der Waals surface area contributed by atoms with Crippen LogP contribution in [0.1, 0.15) is 233 Å². The van der Waals surface area contributed by atoms with Crippen molar-refractivity contribution in [1.82, 2.24) is 92.6 Å². The molecule has 3 saturated heterocycles. The zero-order valence-electron chi connectivity index (χ0n) is 94.8. The molecular weight excluding hydrogens is 1880 g/mol. The molecule has 5 rings (SSSR count). The third-order valence-corrected chi connectivity index (χ3v) is 19.3. The Labute approximate surface area is 875 Å². The van der Waals surface area contributed by atoms with Crippen molar-refractivity contribution in [2.75, 3.05) is 177 Å². The van der Waals surface area contributed by atoms with Gasteiger partial charge in [0.1, 0.15) is 9.84 Å². The molecule has 3 fully saturated rings. The average molecular weight is 2060 g/mol. The van der Waals surface area contributed by atoms with Crippen LogP contribution in [0.2, 0.25) is 0 Å². The van der Waals surface area contributed by atoms with Crippen LogP contribution < -0.4 is 68.5 Å². The van der Waals surface area contributed by atoms with Crippen molar-refractivity contribution in [3.63, 3.8) is 0 Å². The number of anilines is 1. The monoisotopic (exact) mass is 2060 g/mol. The molecule has 0 unspecified atom stereocenters. The van der Waals surface area contributed by atoms with E-state index in [1.54, 1.807) is 38.2 Å². The first kappa shape index (κ1) is 139. The Morgan fingerprint density at radius 3 is 0.966 bits per heavy atom. The Bertz CT molecular complexity index is 5100. The van der Waals surface area contributed by atoms with Crippen LogP contribution in [0, 0.1) is 162 Å². The SMILES string of the molecule is CC(C)(C)C#CCNC(=O)N1CCCC1.CC(C)(C)C#CCNC(=O)N1CCOCC1.CC(C)(C)C#CCNC(=O)NCCS(C)(=O)=O.CC(C)(C)C#CCNC(=O)Nc1ccccc1.CC(C)N(C(=O)NCC#CC(C)(C)C)C(C)C.CN(C)C(=O)NCC#CC(C)(C)C.CN1CCN(C(=O)NCC#CC(C)(C)C)CC1.CNC(=O)NCC#CC(C)(C)C.Cc1ccc(S(=O)(=O)NC(=O)NCC#CC(C)(C)C)cc1. The number of likely N-dealkylation sites (tertiary alicyclic amines) is 1. The highest BCUT2D eigenvalue weighted by Crippen LogP contribution is 2.18. The van der Waals surface area contributed by atoms with Crippen LogP contribution in [0.25, 0.3) is 0 Å². The van der Waals surface area contributed by atoms with E-state index >= 15 is 0 Å². The number of urea groups is 9. The maximum absolute atomic E-state index is 11.9. The zero-order chi connectivity index (χ0) is 112. The lowest BCUT2D eigenvalue weighted by Crippen LogP contribution is -2.50. The molecule has 812 valence electrons. The van der Waals surface area contributed by atoms with Gasteiger partial charge in [0.2, 0.25) is 0 Å². The molecule has 2 aromatic rings. The van der Waals surface area contributed by atoms with Gasteiger partial charge in [0.05, 0.1) is 82.8 Å². The van der Waals surface area contributed by atoms with Crippen molar-refractivity contribution in [2.45, 2.75) is 251 Å². The normalized spacial score (nSPS) is 12.6. The van der Waals surface area contributed by atoms with Gasteiger partial charge in [-0.15, -0.1) is 0 Å². The van der Waals surface area contributed by atoms with Crippen LogP contribution in [0.15, 0.2) is 59.5 Å². The highest BCUT2D eigenvalue weighted by molar-refractivity contribution is 7.90. The largest absolute Gasteiger partial charge is 0.378 e. The Kier molecular flexibility index (Phi) is 68.3. The number of hydrogen-bond acceptors (Lipinski definition) is 15. The van der Waals surface area contributed by atoms with Crippen molar-refractivity contribution >= 4 is 79.8 Å². The van der Waals surface area contributed by atoms with Crippen LogP contribution in [0.4, 0.5) is 48.8 Å². The summed E-state index contributed by atoms with van der Waals surface area (Å²) in [5.41, 5.74) is 1.43. The number of hydrogen-bond donors (Lipinski definition) is 13. The number of ether oxygens (including phenoxy) is 1. The molecule has 145 heavy (non-hydrogen) atoms. The molecule has 0 radical (unpaired) electrons. The van der Waals surface area contributed by atoms with Gasteiger partial charge in [-0.1, -0.05) is 142 Å². The molecule has 18 amide bonds. The number of sulfonamides is 1. The number of para-hydroxylation sites is 1. The van der Waals surface area contributed by atoms with E-state index in [1.807, 2.05) is 209 Å². The van der Waals surface area contributed by atoms with Gasteiger partial charge in [0, 0.05) is 153 Å². The summed E-state index contributed by atoms with van der Waals surface area (Å²) < 4.78 is 52.6. The molecule has 0 aromatic heterocycles. The minimum absolute atomic E-state index is 0.00121. The van der Waals surface area contributed by atoms with E-state index in [9.17, 15) is 60.0 Å². The quantitative estimate of drug-likeness (QED) is 0.0655. The molecule has 33 nitrogen and oxygen atoms in total. The molecule has 0 aliphatic carbocycles. The van der Waals surface area contributed by atoms with Gasteiger partial charge in [0.25, 0.3) is 10.0 Å². The molecule has 35 heteroatoms. The number of morpholine rings is 1. The van der Waals surface area contributed by atoms with E-state index in [-0.39, 0.29) is 133 Å². The number of nitrogens with zero attached hydrogens (tertiary/aromatic N) is 6. The lowest BCUT2D eigenvalue weighted by atomic mass is 9.98. The van der Waals surface area contributed by atoms with E-state index in [2.05, 4.69) is 245 Å². The minimum atomic E-state index is -3.85. The summed E-state index contributed by atoms with van der Waals surface area (Å²) in [4.78, 5) is 114. The van der Waals surface area contributed by atoms with Gasteiger partial charge < -0.3 is 97.9 Å². The van der Waals surface area contributed by atoms with Crippen LogP contribution in [0.5, 0.6) is 0 Å². The van der Waals surface area contributed by atoms with Crippen molar-refractivity contribution in [2.24, 2.45) is 48.7 Å². The van der Waals surface area contributed by atoms with Crippen LogP contribution in [0.3, 0.4) is 0 Å². The molecule has 0 saturated carbocycles. The summed E-state index contributed by atoms with van der Waals surface area (Å²) >= 11 is 0. The molecule has 3 heterocycles. The Balaban J connectivity index is -0.000000774. The molecule has 3 aliphatic rings. The molecule has 3 aliphatic heterocycles. The average Bonchev–Trinajstić information content (AvgIpc) is 0.889. The number of rotatable bonds is 17. The number of nitrogens with one attached hydrogen (secondary N) is 13. The lowest BCUT2D eigenvalue weighted by molar-refractivity contribution is 0.0535. The molecular formula is C110H181N19O14S2. The molecule has 0 spiro atoms. The summed E-state index contributed by atoms with van der Waals surface area (Å²) in [5.74, 6) is 53.5. The highest BCUT2D eigenvalue weighted by Gasteiger charge is 2.24. The molecule has 0 atom stereocenters. The number of benzene rings is 2. The number of carbonyl (C=O) groups excluding carboxylic acids is 9. The fourth-order valence-electron chi connectivity index (χ4n) is 10.4. The number of aryl methyl sites for hydroxylation is 1. The molecule has 0 bridgehead atoms. The summed E-state index contributed by atoms with van der Waals surface area (Å²) in [6.07, 6.45) is 3.38. The standard InChI is InChI=1S/C15H20N2O3S.C14H18N2O.C14H26N2O.C13H23N3O.C12H20N2O2.C12H20N2O.C11H20N2O3S.C10H18N2O.C9H16N2O/c1-12-6-8-13(9-7-12)21(19,20)17-14(18)16-11-5-10-15(2,3)4;1-14(2,3)10-7-11-15-13(17)16-12-8-5-4-6-9-12;1-11(2)16(12(3)4)13(17)15-10-8-9-14(5,6)7;1-13(2,3)6-5-7-14-12(17)16-10-8-15(4)9-11-16;1-12(2,3)5-4-6-13-11(15)14-7-9-16-10-8-14;1-12(2,3)7-6-8-13-11(15)14-9-4-5-10-14;1-11(2,3)6-5-7-12-10(14)13-8-9-17(4,15)16;1-10(2,3)7-6-8-11-9(13)12(4)5;1-9(2,3)6-5-7-11-8(12)10-4/h6-9H,11H2,1-4H3,(H2,16,17,18);4-6,8-9H,11H2,1-3H3,(H2,15,16,17);11-12H,10H2,1-7H3,(H,15,17);7-11H2,1-4H3,(H,14,17);6-10H2,1-3H3,(H,13,15);4-5,8-10H2,1-3H3,(H,13,15);7-9H2,1-4H3,(H2,12,13,14);8H2,1-5H3,(H,11,13);7H2,1-4H3,(H2,10,11,12). The number of piperazine rings is 1. The van der Waals surface area contributed by atoms with E-state index in [1.165, 1.54) is 17.0 Å². The van der Waals surface area contributed by atoms with E-state index < -0.39 is 31.9 Å². The first-order valence-electron chi connectivity index (χ1n) is 49.0. The fourth-order valence-corrected chi connectivity index (χ4v) is 11.8. The van der Waals surface area contributed by atoms with Crippen LogP contribution in [-0.2, 0) is 24.6 Å². The Hall–Kier alpha value is -12.3. The summed E-state index contributed by atoms with van der Waals surface area (Å²) in [6, 6.07) is 14.1. The Morgan fingerprint density at radius 2 is 0.655 bits per heavy atom. The number of likely N-dealkylation sites (N-methyl/N-ethyl adjacent to an activating group) is 1. The van der Waals surface area contributed by atoms with Gasteiger partial charge >= 0.3 is 54.3 Å². The predicted molar refractivity (Wildman–Crippen MR) is 592 cm³/mol. The van der Waals surface area contributed by atoms with E-state index in [4.69, 9.17) is 4.74 Å². The van der Waals surface area contributed by atoms with E-state index in [0.717, 1.165) is 69.6 Å². The van der Waals surface area contributed by atoms with Gasteiger partial charge in [-0.3, -0.25) is 0 Å². The second-order valence-corrected chi connectivity index (χ2v) is 47.7. The van der Waals surface area contributed by atoms with Gasteiger partial charge in [-0.25, -0.2) is 64.7 Å². The molecule has 13 N–H and O–H groups in total. The number of sulfone groups is 1. The van der Waals surface area contributed by atoms with Gasteiger partial charge in [-0.05, 0) is 266 Å². The maximum Gasteiger partial charge on any atom is 0.329 e. The van der Waals surface area contributed by atoms with Crippen molar-refractivity contribution in [1.29, 1.82) is 0 Å². The van der Waals surface area contributed by atoms with Crippen molar-refractivity contribution < 1.29 is 64.7 Å². The lowest BCUT2D eigenvalue weighted by Gasteiger charge is -2.32. The predicted octanol–water partition coefficient (Wildman–Crippen LogP) is 14.3. The van der Waals surface area contributed by atoms with Crippen LogP contribution in [-0.4, -0.2) is 284 Å². The molecule has 2 aromatic carbocycles. The van der Waals surface area contributed by atoms with Gasteiger partial charge in [-0.2, -0.15) is 0 Å².